The van der Waals surface area contributed by atoms with Gasteiger partial charge in [0.1, 0.15) is 11.3 Å². The second-order valence-corrected chi connectivity index (χ2v) is 3.90. The molecule has 2 heterocycles. The minimum Gasteiger partial charge on any atom is -0.383 e. The molecule has 0 saturated heterocycles. The van der Waals surface area contributed by atoms with Gasteiger partial charge in [0.25, 0.3) is 0 Å². The first-order valence-corrected chi connectivity index (χ1v) is 5.47. The molecule has 1 N–H and O–H groups in total. The van der Waals surface area contributed by atoms with Crippen LogP contribution in [-0.4, -0.2) is 31.9 Å². The van der Waals surface area contributed by atoms with E-state index in [4.69, 9.17) is 5.11 Å². The van der Waals surface area contributed by atoms with Gasteiger partial charge in [-0.25, -0.2) is 4.98 Å². The smallest absolute Gasteiger partial charge is 0.383 e. The molecule has 0 aliphatic carbocycles. The third kappa shape index (κ3) is 2.31. The average molecular weight is 259 g/mol. The number of aliphatic hydroxyl groups is 1. The van der Waals surface area contributed by atoms with Crippen molar-refractivity contribution in [2.45, 2.75) is 32.2 Å². The van der Waals surface area contributed by atoms with Crippen molar-refractivity contribution < 1.29 is 18.3 Å². The zero-order valence-electron chi connectivity index (χ0n) is 9.65. The SMILES string of the molecule is CCn1c(CC(O)C(F)(F)F)nc2cnccc21. The monoisotopic (exact) mass is 259 g/mol. The summed E-state index contributed by atoms with van der Waals surface area (Å²) in [4.78, 5) is 7.95. The maximum absolute atomic E-state index is 12.3. The summed E-state index contributed by atoms with van der Waals surface area (Å²) in [7, 11) is 0. The van der Waals surface area contributed by atoms with Crippen LogP contribution in [0.5, 0.6) is 0 Å². The summed E-state index contributed by atoms with van der Waals surface area (Å²) in [6.07, 6.45) is -4.53. The molecule has 0 amide bonds. The molecule has 7 heteroatoms. The van der Waals surface area contributed by atoms with Gasteiger partial charge in [0, 0.05) is 19.2 Å². The average Bonchev–Trinajstić information content (AvgIpc) is 2.64. The van der Waals surface area contributed by atoms with Crippen LogP contribution in [0.15, 0.2) is 18.5 Å². The van der Waals surface area contributed by atoms with Crippen molar-refractivity contribution in [2.75, 3.05) is 0 Å². The predicted octanol–water partition coefficient (Wildman–Crippen LogP) is 1.92. The van der Waals surface area contributed by atoms with Crippen LogP contribution < -0.4 is 0 Å². The molecule has 2 aromatic heterocycles. The molecule has 0 aliphatic heterocycles. The van der Waals surface area contributed by atoms with Crippen LogP contribution in [0.2, 0.25) is 0 Å². The molecule has 0 radical (unpaired) electrons. The van der Waals surface area contributed by atoms with Gasteiger partial charge >= 0.3 is 6.18 Å². The number of nitrogens with zero attached hydrogens (tertiary/aromatic N) is 3. The molecule has 1 atom stereocenters. The summed E-state index contributed by atoms with van der Waals surface area (Å²) in [6, 6.07) is 1.69. The van der Waals surface area contributed by atoms with E-state index < -0.39 is 18.7 Å². The van der Waals surface area contributed by atoms with Gasteiger partial charge in [0.05, 0.1) is 11.7 Å². The van der Waals surface area contributed by atoms with E-state index in [9.17, 15) is 13.2 Å². The number of aryl methyl sites for hydroxylation is 1. The number of aliphatic hydroxyl groups excluding tert-OH is 1. The highest BCUT2D eigenvalue weighted by Crippen LogP contribution is 2.24. The lowest BCUT2D eigenvalue weighted by atomic mass is 10.2. The molecule has 0 fully saturated rings. The maximum Gasteiger partial charge on any atom is 0.414 e. The van der Waals surface area contributed by atoms with Crippen molar-refractivity contribution in [3.05, 3.63) is 24.3 Å². The van der Waals surface area contributed by atoms with E-state index in [1.54, 1.807) is 16.8 Å². The number of rotatable bonds is 3. The van der Waals surface area contributed by atoms with Crippen molar-refractivity contribution in [3.8, 4) is 0 Å². The molecule has 0 bridgehead atoms. The maximum atomic E-state index is 12.3. The second kappa shape index (κ2) is 4.56. The normalized spacial score (nSPS) is 14.1. The van der Waals surface area contributed by atoms with Crippen LogP contribution in [0, 0.1) is 0 Å². The molecule has 0 aliphatic rings. The molecule has 2 aromatic rings. The quantitative estimate of drug-likeness (QED) is 0.916. The fraction of sp³-hybridized carbons (Fsp3) is 0.455. The van der Waals surface area contributed by atoms with Gasteiger partial charge in [-0.1, -0.05) is 0 Å². The first-order valence-electron chi connectivity index (χ1n) is 5.47. The lowest BCUT2D eigenvalue weighted by Crippen LogP contribution is -2.31. The molecule has 18 heavy (non-hydrogen) atoms. The van der Waals surface area contributed by atoms with Crippen LogP contribution in [0.3, 0.4) is 0 Å². The lowest BCUT2D eigenvalue weighted by molar-refractivity contribution is -0.203. The Morgan fingerprint density at radius 3 is 2.78 bits per heavy atom. The van der Waals surface area contributed by atoms with Crippen LogP contribution in [-0.2, 0) is 13.0 Å². The Bertz CT molecular complexity index is 550. The zero-order chi connectivity index (χ0) is 13.3. The summed E-state index contributed by atoms with van der Waals surface area (Å²) < 4.78 is 38.6. The number of halogens is 3. The van der Waals surface area contributed by atoms with Gasteiger partial charge in [-0.3, -0.25) is 4.98 Å². The van der Waals surface area contributed by atoms with Crippen molar-refractivity contribution in [3.63, 3.8) is 0 Å². The highest BCUT2D eigenvalue weighted by Gasteiger charge is 2.39. The third-order valence-corrected chi connectivity index (χ3v) is 2.70. The largest absolute Gasteiger partial charge is 0.414 e. The Labute approximate surface area is 101 Å². The minimum atomic E-state index is -4.63. The van der Waals surface area contributed by atoms with Gasteiger partial charge in [-0.05, 0) is 13.0 Å². The van der Waals surface area contributed by atoms with Crippen LogP contribution in [0.4, 0.5) is 13.2 Å². The van der Waals surface area contributed by atoms with E-state index in [1.807, 2.05) is 6.92 Å². The van der Waals surface area contributed by atoms with Gasteiger partial charge in [0.15, 0.2) is 6.10 Å². The van der Waals surface area contributed by atoms with Crippen LogP contribution in [0.1, 0.15) is 12.7 Å². The van der Waals surface area contributed by atoms with Crippen LogP contribution in [0.25, 0.3) is 11.0 Å². The molecule has 0 aromatic carbocycles. The van der Waals surface area contributed by atoms with Crippen molar-refractivity contribution in [1.82, 2.24) is 14.5 Å². The summed E-state index contributed by atoms with van der Waals surface area (Å²) in [5, 5.41) is 9.09. The lowest BCUT2D eigenvalue weighted by Gasteiger charge is -2.14. The van der Waals surface area contributed by atoms with E-state index in [1.165, 1.54) is 6.20 Å². The molecule has 0 saturated carbocycles. The number of hydrogen-bond acceptors (Lipinski definition) is 3. The van der Waals surface area contributed by atoms with Gasteiger partial charge in [-0.15, -0.1) is 0 Å². The Morgan fingerprint density at radius 1 is 1.44 bits per heavy atom. The Kier molecular flexibility index (Phi) is 3.25. The number of alkyl halides is 3. The van der Waals surface area contributed by atoms with E-state index >= 15 is 0 Å². The summed E-state index contributed by atoms with van der Waals surface area (Å²) in [5.41, 5.74) is 1.25. The summed E-state index contributed by atoms with van der Waals surface area (Å²) in [5.74, 6) is 0.213. The first kappa shape index (κ1) is 12.8. The molecular weight excluding hydrogens is 247 g/mol. The molecule has 2 rings (SSSR count). The minimum absolute atomic E-state index is 0.213. The fourth-order valence-electron chi connectivity index (χ4n) is 1.83. The van der Waals surface area contributed by atoms with Crippen molar-refractivity contribution in [2.24, 2.45) is 0 Å². The number of pyridine rings is 1. The molecule has 4 nitrogen and oxygen atoms in total. The Morgan fingerprint density at radius 2 is 2.17 bits per heavy atom. The van der Waals surface area contributed by atoms with Gasteiger partial charge in [0.2, 0.25) is 0 Å². The second-order valence-electron chi connectivity index (χ2n) is 3.90. The number of imidazole rings is 1. The number of hydrogen-bond donors (Lipinski definition) is 1. The molecule has 98 valence electrons. The predicted molar refractivity (Wildman–Crippen MR) is 59.0 cm³/mol. The van der Waals surface area contributed by atoms with E-state index in [0.717, 1.165) is 5.52 Å². The van der Waals surface area contributed by atoms with E-state index in [2.05, 4.69) is 9.97 Å². The van der Waals surface area contributed by atoms with Crippen molar-refractivity contribution in [1.29, 1.82) is 0 Å². The van der Waals surface area contributed by atoms with Crippen LogP contribution >= 0.6 is 0 Å². The summed E-state index contributed by atoms with van der Waals surface area (Å²) >= 11 is 0. The molecule has 0 spiro atoms. The van der Waals surface area contributed by atoms with Gasteiger partial charge < -0.3 is 9.67 Å². The Hall–Kier alpha value is -1.63. The Balaban J connectivity index is 2.39. The summed E-state index contributed by atoms with van der Waals surface area (Å²) in [6.45, 7) is 2.30. The standard InChI is InChI=1S/C11H12F3N3O/c1-2-17-8-3-4-15-6-7(8)16-10(17)5-9(18)11(12,13)14/h3-4,6,9,18H,2,5H2,1H3. The van der Waals surface area contributed by atoms with E-state index in [-0.39, 0.29) is 5.82 Å². The van der Waals surface area contributed by atoms with Crippen molar-refractivity contribution >= 4 is 11.0 Å². The molecular formula is C11H12F3N3O. The molecule has 1 unspecified atom stereocenters. The highest BCUT2D eigenvalue weighted by molar-refractivity contribution is 5.74. The zero-order valence-corrected chi connectivity index (χ0v) is 9.65. The number of aromatic nitrogens is 3. The van der Waals surface area contributed by atoms with Gasteiger partial charge in [-0.2, -0.15) is 13.2 Å². The van der Waals surface area contributed by atoms with E-state index in [0.29, 0.717) is 12.1 Å². The first-order chi connectivity index (χ1) is 8.43. The number of fused-ring (bicyclic) bond motifs is 1. The third-order valence-electron chi connectivity index (χ3n) is 2.70. The fourth-order valence-corrected chi connectivity index (χ4v) is 1.83. The topological polar surface area (TPSA) is 50.9 Å². The highest BCUT2D eigenvalue weighted by atomic mass is 19.4.